The van der Waals surface area contributed by atoms with Crippen LogP contribution in [0, 0.1) is 0 Å². The number of ether oxygens (including phenoxy) is 1. The van der Waals surface area contributed by atoms with Crippen LogP contribution in [0.1, 0.15) is 29.4 Å². The monoisotopic (exact) mass is 469 g/mol. The molecule has 0 saturated carbocycles. The molecule has 0 radical (unpaired) electrons. The van der Waals surface area contributed by atoms with Gasteiger partial charge >= 0.3 is 0 Å². The number of aromatic nitrogens is 4. The normalized spacial score (nSPS) is 12.6. The lowest BCUT2D eigenvalue weighted by Gasteiger charge is -2.26. The summed E-state index contributed by atoms with van der Waals surface area (Å²) in [7, 11) is 1.86. The van der Waals surface area contributed by atoms with E-state index in [2.05, 4.69) is 51.8 Å². The Kier molecular flexibility index (Phi) is 7.88. The highest BCUT2D eigenvalue weighted by molar-refractivity contribution is 5.78. The highest BCUT2D eigenvalue weighted by Crippen LogP contribution is 2.27. The number of nitrogens with zero attached hydrogens (tertiary/aromatic N) is 4. The van der Waals surface area contributed by atoms with Crippen molar-refractivity contribution in [2.24, 2.45) is 0 Å². The first-order valence-electron chi connectivity index (χ1n) is 11.8. The van der Waals surface area contributed by atoms with Crippen LogP contribution in [-0.4, -0.2) is 51.6 Å². The second-order valence-corrected chi connectivity index (χ2v) is 9.12. The Morgan fingerprint density at radius 3 is 2.20 bits per heavy atom. The van der Waals surface area contributed by atoms with Crippen LogP contribution in [0.3, 0.4) is 0 Å². The molecule has 1 N–H and O–H groups in total. The van der Waals surface area contributed by atoms with E-state index in [1.165, 1.54) is 11.1 Å². The second-order valence-electron chi connectivity index (χ2n) is 9.12. The molecule has 180 valence electrons. The number of carbonyl (C=O) groups excluding carboxylic acids is 1. The highest BCUT2D eigenvalue weighted by Gasteiger charge is 2.33. The molecular weight excluding hydrogens is 438 g/mol. The van der Waals surface area contributed by atoms with E-state index in [9.17, 15) is 4.79 Å². The van der Waals surface area contributed by atoms with E-state index in [4.69, 9.17) is 4.74 Å². The number of aromatic amines is 1. The van der Waals surface area contributed by atoms with Crippen molar-refractivity contribution in [3.05, 3.63) is 107 Å². The molecule has 1 amide bonds. The zero-order valence-electron chi connectivity index (χ0n) is 20.2. The molecule has 0 aliphatic carbocycles. The maximum atomic E-state index is 12.7. The van der Waals surface area contributed by atoms with Crippen molar-refractivity contribution in [2.45, 2.75) is 31.6 Å². The Morgan fingerprint density at radius 2 is 1.57 bits per heavy atom. The topological polar surface area (TPSA) is 84.0 Å². The lowest BCUT2D eigenvalue weighted by Crippen LogP contribution is -2.34. The van der Waals surface area contributed by atoms with Crippen molar-refractivity contribution in [3.63, 3.8) is 0 Å². The maximum absolute atomic E-state index is 12.7. The third kappa shape index (κ3) is 6.76. The lowest BCUT2D eigenvalue weighted by molar-refractivity contribution is -0.129. The maximum Gasteiger partial charge on any atom is 0.226 e. The summed E-state index contributed by atoms with van der Waals surface area (Å²) in [6, 6.07) is 28.1. The van der Waals surface area contributed by atoms with E-state index in [1.807, 2.05) is 67.7 Å². The summed E-state index contributed by atoms with van der Waals surface area (Å²) in [5.41, 5.74) is 2.91. The molecule has 4 rings (SSSR count). The van der Waals surface area contributed by atoms with E-state index < -0.39 is 5.41 Å². The third-order valence-corrected chi connectivity index (χ3v) is 6.16. The molecule has 1 unspecified atom stereocenters. The van der Waals surface area contributed by atoms with E-state index in [0.717, 1.165) is 24.2 Å². The molecule has 0 aliphatic heterocycles. The average Bonchev–Trinajstić information content (AvgIpc) is 3.44. The summed E-state index contributed by atoms with van der Waals surface area (Å²) in [4.78, 5) is 14.4. The number of nitrogens with one attached hydrogen (secondary N) is 1. The Hall–Kier alpha value is -4.00. The minimum atomic E-state index is -0.454. The molecule has 0 fully saturated rings. The molecule has 7 nitrogen and oxygen atoms in total. The van der Waals surface area contributed by atoms with E-state index >= 15 is 0 Å². The fourth-order valence-corrected chi connectivity index (χ4v) is 3.98. The number of carbonyl (C=O) groups is 1. The Labute approximate surface area is 206 Å². The Bertz CT molecular complexity index is 1180. The van der Waals surface area contributed by atoms with Crippen LogP contribution in [-0.2, 0) is 29.5 Å². The molecule has 1 heterocycles. The van der Waals surface area contributed by atoms with E-state index in [-0.39, 0.29) is 5.91 Å². The summed E-state index contributed by atoms with van der Waals surface area (Å²) in [6.07, 6.45) is 1.92. The van der Waals surface area contributed by atoms with E-state index in [1.54, 1.807) is 4.90 Å². The summed E-state index contributed by atoms with van der Waals surface area (Å²) < 4.78 is 6.15. The van der Waals surface area contributed by atoms with Gasteiger partial charge < -0.3 is 9.64 Å². The molecule has 1 atom stereocenters. The first kappa shape index (κ1) is 24.1. The minimum Gasteiger partial charge on any atom is -0.493 e. The van der Waals surface area contributed by atoms with Crippen molar-refractivity contribution in [1.29, 1.82) is 0 Å². The van der Waals surface area contributed by atoms with Crippen LogP contribution in [0.15, 0.2) is 84.9 Å². The van der Waals surface area contributed by atoms with Crippen molar-refractivity contribution < 1.29 is 9.53 Å². The van der Waals surface area contributed by atoms with Gasteiger partial charge in [0.25, 0.3) is 0 Å². The number of benzene rings is 3. The first-order valence-corrected chi connectivity index (χ1v) is 11.8. The summed E-state index contributed by atoms with van der Waals surface area (Å²) >= 11 is 0. The van der Waals surface area contributed by atoms with Gasteiger partial charge in [-0.3, -0.25) is 4.79 Å². The quantitative estimate of drug-likeness (QED) is 0.359. The second kappa shape index (κ2) is 11.4. The SMILES string of the molecule is CN(CCc1ccccc1)C(=O)Cc1ccc(OCC(C)(Cc2ccccc2)c2nn[nH]n2)cc1. The molecule has 35 heavy (non-hydrogen) atoms. The van der Waals surface area contributed by atoms with Gasteiger partial charge in [0.05, 0.1) is 11.8 Å². The number of H-pyrrole nitrogens is 1. The van der Waals surface area contributed by atoms with E-state index in [0.29, 0.717) is 25.4 Å². The van der Waals surface area contributed by atoms with Crippen LogP contribution in [0.5, 0.6) is 5.75 Å². The lowest BCUT2D eigenvalue weighted by atomic mass is 9.83. The average molecular weight is 470 g/mol. The molecule has 3 aromatic carbocycles. The van der Waals surface area contributed by atoms with Gasteiger partial charge in [-0.25, -0.2) is 0 Å². The third-order valence-electron chi connectivity index (χ3n) is 6.16. The smallest absolute Gasteiger partial charge is 0.226 e. The fraction of sp³-hybridized carbons (Fsp3) is 0.286. The summed E-state index contributed by atoms with van der Waals surface area (Å²) in [5.74, 6) is 1.45. The van der Waals surface area contributed by atoms with Crippen molar-refractivity contribution in [3.8, 4) is 5.75 Å². The largest absolute Gasteiger partial charge is 0.493 e. The van der Waals surface area contributed by atoms with Crippen LogP contribution in [0.25, 0.3) is 0 Å². The number of likely N-dealkylation sites (N-methyl/N-ethyl adjacent to an activating group) is 1. The van der Waals surface area contributed by atoms with Gasteiger partial charge in [-0.05, 0) is 48.6 Å². The van der Waals surface area contributed by atoms with Gasteiger partial charge in [0.1, 0.15) is 12.4 Å². The zero-order chi connectivity index (χ0) is 24.5. The van der Waals surface area contributed by atoms with Crippen molar-refractivity contribution in [1.82, 2.24) is 25.5 Å². The Balaban J connectivity index is 1.32. The summed E-state index contributed by atoms with van der Waals surface area (Å²) in [5, 5.41) is 14.7. The van der Waals surface area contributed by atoms with Crippen LogP contribution in [0.2, 0.25) is 0 Å². The summed E-state index contributed by atoms with van der Waals surface area (Å²) in [6.45, 7) is 3.16. The van der Waals surface area contributed by atoms with Crippen LogP contribution in [0.4, 0.5) is 0 Å². The number of hydrogen-bond donors (Lipinski definition) is 1. The molecule has 0 bridgehead atoms. The number of hydrogen-bond acceptors (Lipinski definition) is 5. The molecular formula is C28H31N5O2. The minimum absolute atomic E-state index is 0.0992. The van der Waals surface area contributed by atoms with Gasteiger partial charge in [0.15, 0.2) is 5.82 Å². The zero-order valence-corrected chi connectivity index (χ0v) is 20.2. The fourth-order valence-electron chi connectivity index (χ4n) is 3.98. The number of amides is 1. The molecule has 0 spiro atoms. The highest BCUT2D eigenvalue weighted by atomic mass is 16.5. The van der Waals surface area contributed by atoms with Gasteiger partial charge in [-0.15, -0.1) is 10.2 Å². The number of rotatable bonds is 11. The molecule has 4 aromatic rings. The molecule has 7 heteroatoms. The molecule has 0 aliphatic rings. The van der Waals surface area contributed by atoms with Crippen molar-refractivity contribution in [2.75, 3.05) is 20.2 Å². The first-order chi connectivity index (χ1) is 17.0. The van der Waals surface area contributed by atoms with Crippen molar-refractivity contribution >= 4 is 5.91 Å². The Morgan fingerprint density at radius 1 is 0.914 bits per heavy atom. The van der Waals surface area contributed by atoms with Crippen LogP contribution >= 0.6 is 0 Å². The van der Waals surface area contributed by atoms with Gasteiger partial charge in [-0.1, -0.05) is 78.0 Å². The molecule has 1 aromatic heterocycles. The van der Waals surface area contributed by atoms with Gasteiger partial charge in [-0.2, -0.15) is 5.21 Å². The van der Waals surface area contributed by atoms with Gasteiger partial charge in [0.2, 0.25) is 5.91 Å². The van der Waals surface area contributed by atoms with Gasteiger partial charge in [0, 0.05) is 13.6 Å². The predicted octanol–water partition coefficient (Wildman–Crippen LogP) is 4.02. The standard InChI is InChI=1S/C28H31N5O2/c1-28(27-29-31-32-30-27,20-24-11-7-4-8-12-24)21-35-25-15-13-23(14-16-25)19-26(34)33(2)18-17-22-9-5-3-6-10-22/h3-16H,17-21H2,1-2H3,(H,29,30,31,32). The molecule has 0 saturated heterocycles. The predicted molar refractivity (Wildman–Crippen MR) is 135 cm³/mol. The van der Waals surface area contributed by atoms with Crippen LogP contribution < -0.4 is 4.74 Å². The number of tetrazole rings is 1.